The molecule has 6 heteroatoms. The van der Waals surface area contributed by atoms with Gasteiger partial charge in [0, 0.05) is 0 Å². The number of quaternary nitrogens is 1. The Balaban J connectivity index is 1.70. The van der Waals surface area contributed by atoms with Crippen molar-refractivity contribution in [3.05, 3.63) is 107 Å². The van der Waals surface area contributed by atoms with E-state index in [0.29, 0.717) is 4.48 Å². The summed E-state index contributed by atoms with van der Waals surface area (Å²) >= 11 is 1.61. The molecule has 0 aliphatic carbocycles. The molecule has 1 aromatic heterocycles. The molecule has 1 saturated heterocycles. The summed E-state index contributed by atoms with van der Waals surface area (Å²) in [6.07, 6.45) is 10.6. The zero-order valence-corrected chi connectivity index (χ0v) is 23.5. The molecular weight excluding hydrogens is 507 g/mol. The van der Waals surface area contributed by atoms with E-state index >= 15 is 0 Å². The normalized spacial score (nSPS) is 21.2. The van der Waals surface area contributed by atoms with Crippen LogP contribution in [0.25, 0.3) is 11.1 Å². The van der Waals surface area contributed by atoms with Gasteiger partial charge in [0.15, 0.2) is 0 Å². The van der Waals surface area contributed by atoms with Crippen LogP contribution in [0.15, 0.2) is 95.8 Å². The van der Waals surface area contributed by atoms with E-state index < -0.39 is 0 Å². The molecule has 36 heavy (non-hydrogen) atoms. The molecule has 2 aliphatic heterocycles. The number of hydrogen-bond acceptors (Lipinski definition) is 3. The van der Waals surface area contributed by atoms with Gasteiger partial charge in [-0.3, -0.25) is 0 Å². The summed E-state index contributed by atoms with van der Waals surface area (Å²) in [6.45, 7) is 6.40. The van der Waals surface area contributed by atoms with Gasteiger partial charge >= 0.3 is 223 Å². The minimum absolute atomic E-state index is 0.00674. The molecule has 5 nitrogen and oxygen atoms in total. The monoisotopic (exact) mass is 541 g/mol. The van der Waals surface area contributed by atoms with E-state index in [2.05, 4.69) is 78.6 Å². The van der Waals surface area contributed by atoms with E-state index in [-0.39, 0.29) is 11.9 Å². The molecule has 2 aromatic carbocycles. The summed E-state index contributed by atoms with van der Waals surface area (Å²) in [5, 5.41) is 0. The van der Waals surface area contributed by atoms with Gasteiger partial charge in [-0.2, -0.15) is 0 Å². The molecule has 2 aliphatic rings. The number of carbonyl (C=O) groups excluding carboxylic acids is 1. The molecule has 3 aromatic rings. The van der Waals surface area contributed by atoms with Gasteiger partial charge in [-0.25, -0.2) is 0 Å². The summed E-state index contributed by atoms with van der Waals surface area (Å²) in [4.78, 5) is 22.9. The Labute approximate surface area is 222 Å². The number of piperazine rings is 1. The van der Waals surface area contributed by atoms with E-state index in [1.807, 2.05) is 41.6 Å². The molecule has 0 saturated carbocycles. The number of rotatable bonds is 5. The Kier molecular flexibility index (Phi) is 7.24. The number of nitrogens with zero attached hydrogens (tertiary/aromatic N) is 4. The number of carbonyl (C=O) groups is 1. The van der Waals surface area contributed by atoms with Crippen molar-refractivity contribution in [2.24, 2.45) is 0 Å². The first-order valence-corrected chi connectivity index (χ1v) is 13.8. The van der Waals surface area contributed by atoms with Gasteiger partial charge in [0.05, 0.1) is 0 Å². The molecular formula is C30H34AsN4O+. The SMILES string of the molecule is CC(c1c(C(=O)N2CCN(C)CC2)cccc1-c1ccccc1)[N+]1(c2cccnc2)C=C([AsH2])C=CC1. The molecule has 3 unspecified atom stereocenters. The van der Waals surface area contributed by atoms with Gasteiger partial charge in [-0.15, -0.1) is 0 Å². The predicted octanol–water partition coefficient (Wildman–Crippen LogP) is 4.25. The van der Waals surface area contributed by atoms with Crippen molar-refractivity contribution >= 4 is 28.4 Å². The molecule has 1 amide bonds. The third-order valence-corrected chi connectivity index (χ3v) is 8.26. The Morgan fingerprint density at radius 2 is 1.78 bits per heavy atom. The topological polar surface area (TPSA) is 36.4 Å². The Bertz CT molecular complexity index is 1280. The first-order valence-electron chi connectivity index (χ1n) is 12.6. The number of pyridine rings is 1. The molecule has 5 rings (SSSR count). The number of hydrogen-bond donors (Lipinski definition) is 0. The average Bonchev–Trinajstić information content (AvgIpc) is 2.93. The van der Waals surface area contributed by atoms with Crippen LogP contribution < -0.4 is 4.48 Å². The second-order valence-electron chi connectivity index (χ2n) is 9.76. The Hall–Kier alpha value is -2.98. The second kappa shape index (κ2) is 10.6. The van der Waals surface area contributed by atoms with Crippen LogP contribution in [0.3, 0.4) is 0 Å². The number of amides is 1. The standard InChI is InChI=1S/C30H34AsN4O/c1-23(35(20-8-11-25(31)22-35)26-12-7-15-32-21-26)29-27(24-9-4-3-5-10-24)13-6-14-28(29)30(36)34-18-16-33(2)17-19-34/h3-15,21-23H,16-20,31H2,1-2H3/q+1. The third kappa shape index (κ3) is 4.71. The van der Waals surface area contributed by atoms with Gasteiger partial charge in [0.2, 0.25) is 0 Å². The van der Waals surface area contributed by atoms with Crippen molar-refractivity contribution in [3.63, 3.8) is 0 Å². The number of aromatic nitrogens is 1. The van der Waals surface area contributed by atoms with E-state index in [4.69, 9.17) is 0 Å². The number of benzene rings is 2. The molecule has 1 fully saturated rings. The zero-order chi connectivity index (χ0) is 25.1. The van der Waals surface area contributed by atoms with E-state index in [1.54, 1.807) is 16.9 Å². The fourth-order valence-electron chi connectivity index (χ4n) is 5.48. The van der Waals surface area contributed by atoms with Crippen LogP contribution in [0.2, 0.25) is 0 Å². The van der Waals surface area contributed by atoms with Crippen molar-refractivity contribution in [1.29, 1.82) is 0 Å². The van der Waals surface area contributed by atoms with Crippen LogP contribution >= 0.6 is 0 Å². The molecule has 184 valence electrons. The van der Waals surface area contributed by atoms with Crippen molar-refractivity contribution in [3.8, 4) is 11.1 Å². The quantitative estimate of drug-likeness (QED) is 0.358. The Morgan fingerprint density at radius 1 is 1.00 bits per heavy atom. The third-order valence-electron chi connectivity index (χ3n) is 7.54. The minimum atomic E-state index is -0.00674. The first-order chi connectivity index (χ1) is 17.5. The molecule has 3 atom stereocenters. The van der Waals surface area contributed by atoms with Gasteiger partial charge in [0.25, 0.3) is 0 Å². The van der Waals surface area contributed by atoms with E-state index in [1.165, 1.54) is 4.36 Å². The molecule has 0 bridgehead atoms. The van der Waals surface area contributed by atoms with Crippen LogP contribution in [0, 0.1) is 0 Å². The first kappa shape index (κ1) is 24.7. The van der Waals surface area contributed by atoms with Crippen molar-refractivity contribution in [2.45, 2.75) is 13.0 Å². The Morgan fingerprint density at radius 3 is 2.47 bits per heavy atom. The number of allylic oxidation sites excluding steroid dienone is 2. The van der Waals surface area contributed by atoms with Crippen LogP contribution in [-0.2, 0) is 0 Å². The maximum atomic E-state index is 14.1. The van der Waals surface area contributed by atoms with Crippen LogP contribution in [0.1, 0.15) is 28.9 Å². The summed E-state index contributed by atoms with van der Waals surface area (Å²) < 4.78 is 1.87. The van der Waals surface area contributed by atoms with E-state index in [0.717, 1.165) is 60.7 Å². The van der Waals surface area contributed by atoms with Crippen molar-refractivity contribution in [2.75, 3.05) is 39.8 Å². The fraction of sp³-hybridized carbons (Fsp3) is 0.267. The van der Waals surface area contributed by atoms with Crippen LogP contribution in [0.4, 0.5) is 5.69 Å². The summed E-state index contributed by atoms with van der Waals surface area (Å²) in [5.41, 5.74) is 5.29. The summed E-state index contributed by atoms with van der Waals surface area (Å²) in [7, 11) is 2.12. The van der Waals surface area contributed by atoms with E-state index in [9.17, 15) is 4.79 Å². The number of likely N-dealkylation sites (N-methyl/N-ethyl adjacent to an activating group) is 1. The summed E-state index contributed by atoms with van der Waals surface area (Å²) in [6, 6.07) is 20.9. The predicted molar refractivity (Wildman–Crippen MR) is 150 cm³/mol. The molecule has 0 radical (unpaired) electrons. The fourth-order valence-corrected chi connectivity index (χ4v) is 6.32. The molecule has 0 N–H and O–H groups in total. The summed E-state index contributed by atoms with van der Waals surface area (Å²) in [5.74, 6) is 0.129. The van der Waals surface area contributed by atoms with Gasteiger partial charge < -0.3 is 0 Å². The van der Waals surface area contributed by atoms with Gasteiger partial charge in [-0.05, 0) is 0 Å². The average molecular weight is 542 g/mol. The van der Waals surface area contributed by atoms with Crippen LogP contribution in [-0.4, -0.2) is 77.3 Å². The maximum absolute atomic E-state index is 14.1. The van der Waals surface area contributed by atoms with Crippen LogP contribution in [0.5, 0.6) is 0 Å². The zero-order valence-electron chi connectivity index (χ0n) is 21.0. The van der Waals surface area contributed by atoms with Crippen molar-refractivity contribution in [1.82, 2.24) is 19.3 Å². The van der Waals surface area contributed by atoms with Gasteiger partial charge in [-0.1, -0.05) is 0 Å². The second-order valence-corrected chi connectivity index (χ2v) is 11.2. The van der Waals surface area contributed by atoms with Crippen molar-refractivity contribution < 1.29 is 4.79 Å². The molecule has 0 spiro atoms. The van der Waals surface area contributed by atoms with Gasteiger partial charge in [0.1, 0.15) is 0 Å². The molecule has 3 heterocycles.